The number of esters is 1. The lowest BCUT2D eigenvalue weighted by atomic mass is 9.62. The first kappa shape index (κ1) is 22.9. The first-order valence-electron chi connectivity index (χ1n) is 12.3. The van der Waals surface area contributed by atoms with Crippen LogP contribution in [0.2, 0.25) is 0 Å². The van der Waals surface area contributed by atoms with E-state index in [9.17, 15) is 14.4 Å². The highest BCUT2D eigenvalue weighted by Crippen LogP contribution is 2.63. The average molecular weight is 488 g/mol. The van der Waals surface area contributed by atoms with Gasteiger partial charge in [0.15, 0.2) is 16.8 Å². The largest absolute Gasteiger partial charge is 0.447 e. The number of carbonyl (C=O) groups is 3. The molecule has 1 amide bonds. The van der Waals surface area contributed by atoms with Crippen LogP contribution in [0.15, 0.2) is 115 Å². The van der Waals surface area contributed by atoms with Crippen LogP contribution < -0.4 is 0 Å². The maximum absolute atomic E-state index is 14.4. The third-order valence-electron chi connectivity index (χ3n) is 7.55. The summed E-state index contributed by atoms with van der Waals surface area (Å²) in [5, 5.41) is 0. The summed E-state index contributed by atoms with van der Waals surface area (Å²) in [4.78, 5) is 43.2. The number of ether oxygens (including phenoxy) is 1. The lowest BCUT2D eigenvalue weighted by Crippen LogP contribution is -2.77. The summed E-state index contributed by atoms with van der Waals surface area (Å²) in [6.45, 7) is 1.66. The molecule has 5 nitrogen and oxygen atoms in total. The van der Waals surface area contributed by atoms with Crippen molar-refractivity contribution < 1.29 is 19.1 Å². The number of benzene rings is 4. The van der Waals surface area contributed by atoms with E-state index in [0.29, 0.717) is 16.7 Å². The Morgan fingerprint density at radius 1 is 0.757 bits per heavy atom. The molecule has 6 rings (SSSR count). The molecule has 0 N–H and O–H groups in total. The van der Waals surface area contributed by atoms with Gasteiger partial charge in [0, 0.05) is 30.2 Å². The summed E-state index contributed by atoms with van der Waals surface area (Å²) in [5.41, 5.74) is 0.479. The van der Waals surface area contributed by atoms with Crippen molar-refractivity contribution in [3.63, 3.8) is 0 Å². The number of ketones is 1. The van der Waals surface area contributed by atoms with E-state index in [1.165, 1.54) is 6.92 Å². The minimum Gasteiger partial charge on any atom is -0.447 e. The molecule has 3 unspecified atom stereocenters. The molecule has 4 aromatic rings. The van der Waals surface area contributed by atoms with Crippen molar-refractivity contribution in [2.45, 2.75) is 30.5 Å². The van der Waals surface area contributed by atoms with Gasteiger partial charge < -0.3 is 9.64 Å². The molecule has 0 aromatic heterocycles. The molecular weight excluding hydrogens is 462 g/mol. The van der Waals surface area contributed by atoms with E-state index in [-0.39, 0.29) is 18.2 Å². The van der Waals surface area contributed by atoms with E-state index in [1.54, 1.807) is 29.2 Å². The monoisotopic (exact) mass is 487 g/mol. The minimum absolute atomic E-state index is 0.285. The Labute approximate surface area is 215 Å². The first-order chi connectivity index (χ1) is 18.0. The molecule has 1 fully saturated rings. The summed E-state index contributed by atoms with van der Waals surface area (Å²) >= 11 is 0. The van der Waals surface area contributed by atoms with Gasteiger partial charge in [-0.3, -0.25) is 14.4 Å². The lowest BCUT2D eigenvalue weighted by Gasteiger charge is -2.56. The second-order valence-corrected chi connectivity index (χ2v) is 9.57. The van der Waals surface area contributed by atoms with Crippen molar-refractivity contribution in [1.29, 1.82) is 0 Å². The molecule has 0 spiro atoms. The number of amides is 1. The maximum atomic E-state index is 14.4. The number of hydrogen-bond acceptors (Lipinski definition) is 4. The van der Waals surface area contributed by atoms with Crippen molar-refractivity contribution in [3.8, 4) is 0 Å². The summed E-state index contributed by atoms with van der Waals surface area (Å²) in [5.74, 6) is -1.06. The number of likely N-dealkylation sites (tertiary alicyclic amines) is 1. The van der Waals surface area contributed by atoms with E-state index in [1.807, 2.05) is 91.0 Å². The van der Waals surface area contributed by atoms with Crippen LogP contribution >= 0.6 is 0 Å². The summed E-state index contributed by atoms with van der Waals surface area (Å²) in [6, 6.07) is 34.6. The van der Waals surface area contributed by atoms with Gasteiger partial charge in [-0.25, -0.2) is 0 Å². The third-order valence-corrected chi connectivity index (χ3v) is 7.55. The number of Topliss-reactive ketones (excluding diaryl/α,β-unsaturated/α-hetero) is 1. The van der Waals surface area contributed by atoms with Gasteiger partial charge in [-0.1, -0.05) is 115 Å². The molecule has 182 valence electrons. The average Bonchev–Trinajstić information content (AvgIpc) is 3.17. The van der Waals surface area contributed by atoms with Crippen LogP contribution in [0.25, 0.3) is 0 Å². The number of nitrogens with zero attached hydrogens (tertiary/aromatic N) is 1. The van der Waals surface area contributed by atoms with Gasteiger partial charge in [0.05, 0.1) is 0 Å². The number of carbonyl (C=O) groups excluding carboxylic acids is 3. The summed E-state index contributed by atoms with van der Waals surface area (Å²) in [7, 11) is 0. The standard InChI is InChI=1S/C32H25NO4/c1-22(34)37-32(25-17-9-4-10-18-25)27-20-12-11-19-26(27)31(28(35)24-15-7-3-8-16-24)29(32)33(30(31)36)21-23-13-5-2-6-14-23/h2-20,29H,21H2,1H3. The molecule has 4 aromatic carbocycles. The zero-order chi connectivity index (χ0) is 25.6. The number of fused-ring (bicyclic) bond motifs is 3. The van der Waals surface area contributed by atoms with Crippen LogP contribution in [0.1, 0.15) is 39.5 Å². The van der Waals surface area contributed by atoms with E-state index >= 15 is 0 Å². The topological polar surface area (TPSA) is 63.7 Å². The van der Waals surface area contributed by atoms with E-state index in [4.69, 9.17) is 4.74 Å². The molecule has 0 radical (unpaired) electrons. The second-order valence-electron chi connectivity index (χ2n) is 9.57. The van der Waals surface area contributed by atoms with Crippen molar-refractivity contribution in [2.24, 2.45) is 0 Å². The van der Waals surface area contributed by atoms with Crippen LogP contribution in [0.3, 0.4) is 0 Å². The predicted molar refractivity (Wildman–Crippen MR) is 139 cm³/mol. The van der Waals surface area contributed by atoms with Gasteiger partial charge in [-0.2, -0.15) is 0 Å². The molecule has 2 aliphatic rings. The zero-order valence-corrected chi connectivity index (χ0v) is 20.3. The first-order valence-corrected chi connectivity index (χ1v) is 12.3. The van der Waals surface area contributed by atoms with Crippen molar-refractivity contribution in [2.75, 3.05) is 0 Å². The van der Waals surface area contributed by atoms with Crippen LogP contribution in [0.5, 0.6) is 0 Å². The van der Waals surface area contributed by atoms with Crippen molar-refractivity contribution in [1.82, 2.24) is 4.90 Å². The van der Waals surface area contributed by atoms with Gasteiger partial charge in [0.2, 0.25) is 5.91 Å². The SMILES string of the molecule is CC(=O)OC1(c2ccccc2)c2ccccc2C2(C(=O)c3ccccc3)C(=O)N(Cc3ccccc3)C21. The van der Waals surface area contributed by atoms with Crippen LogP contribution in [0.4, 0.5) is 0 Å². The third kappa shape index (κ3) is 3.13. The molecule has 0 saturated carbocycles. The Balaban J connectivity index is 1.65. The van der Waals surface area contributed by atoms with Crippen molar-refractivity contribution in [3.05, 3.63) is 143 Å². The predicted octanol–water partition coefficient (Wildman–Crippen LogP) is 5.04. The molecule has 1 aliphatic heterocycles. The van der Waals surface area contributed by atoms with E-state index in [2.05, 4.69) is 0 Å². The normalized spacial score (nSPS) is 23.5. The Kier molecular flexibility index (Phi) is 5.30. The Hall–Kier alpha value is -4.51. The van der Waals surface area contributed by atoms with Crippen LogP contribution in [-0.4, -0.2) is 28.6 Å². The molecule has 5 heteroatoms. The van der Waals surface area contributed by atoms with E-state index in [0.717, 1.165) is 11.1 Å². The molecule has 1 aliphatic carbocycles. The Morgan fingerprint density at radius 2 is 1.30 bits per heavy atom. The summed E-state index contributed by atoms with van der Waals surface area (Å²) in [6.07, 6.45) is 0. The highest BCUT2D eigenvalue weighted by molar-refractivity contribution is 6.24. The van der Waals surface area contributed by atoms with Gasteiger partial charge in [-0.05, 0) is 11.1 Å². The fourth-order valence-electron chi connectivity index (χ4n) is 6.21. The smallest absolute Gasteiger partial charge is 0.303 e. The molecule has 3 atom stereocenters. The van der Waals surface area contributed by atoms with Gasteiger partial charge >= 0.3 is 5.97 Å². The van der Waals surface area contributed by atoms with E-state index < -0.39 is 23.0 Å². The Morgan fingerprint density at radius 3 is 1.92 bits per heavy atom. The number of β-lactam (4-membered cyclic amide) rings is 1. The second kappa shape index (κ2) is 8.56. The minimum atomic E-state index is -1.52. The summed E-state index contributed by atoms with van der Waals surface area (Å²) < 4.78 is 6.29. The number of rotatable bonds is 6. The molecule has 1 heterocycles. The van der Waals surface area contributed by atoms with Gasteiger partial charge in [0.25, 0.3) is 0 Å². The maximum Gasteiger partial charge on any atom is 0.303 e. The zero-order valence-electron chi connectivity index (χ0n) is 20.3. The quantitative estimate of drug-likeness (QED) is 0.165. The van der Waals surface area contributed by atoms with Crippen molar-refractivity contribution >= 4 is 17.7 Å². The molecule has 37 heavy (non-hydrogen) atoms. The fraction of sp³-hybridized carbons (Fsp3) is 0.156. The molecular formula is C32H25NO4. The highest BCUT2D eigenvalue weighted by atomic mass is 16.6. The fourth-order valence-corrected chi connectivity index (χ4v) is 6.21. The van der Waals surface area contributed by atoms with Crippen LogP contribution in [0, 0.1) is 0 Å². The molecule has 1 saturated heterocycles. The number of hydrogen-bond donors (Lipinski definition) is 0. The highest BCUT2D eigenvalue weighted by Gasteiger charge is 2.79. The Bertz CT molecular complexity index is 1500. The van der Waals surface area contributed by atoms with Gasteiger partial charge in [0.1, 0.15) is 6.04 Å². The van der Waals surface area contributed by atoms with Crippen LogP contribution in [-0.2, 0) is 31.9 Å². The van der Waals surface area contributed by atoms with Gasteiger partial charge in [-0.15, -0.1) is 0 Å². The molecule has 0 bridgehead atoms. The lowest BCUT2D eigenvalue weighted by molar-refractivity contribution is -0.184.